The Hall–Kier alpha value is -2.89. The lowest BCUT2D eigenvalue weighted by molar-refractivity contribution is -0.129. The predicted molar refractivity (Wildman–Crippen MR) is 107 cm³/mol. The molecule has 2 amide bonds. The van der Waals surface area contributed by atoms with Gasteiger partial charge in [0, 0.05) is 50.7 Å². The number of hydrogen-bond donors (Lipinski definition) is 1. The summed E-state index contributed by atoms with van der Waals surface area (Å²) in [6.45, 7) is 8.69. The number of pyridine rings is 1. The first kappa shape index (κ1) is 18.9. The van der Waals surface area contributed by atoms with Gasteiger partial charge in [-0.1, -0.05) is 32.0 Å². The average molecular weight is 366 g/mol. The molecule has 142 valence electrons. The highest BCUT2D eigenvalue weighted by Crippen LogP contribution is 2.24. The minimum atomic E-state index is -0.215. The van der Waals surface area contributed by atoms with E-state index in [1.165, 1.54) is 0 Å². The summed E-state index contributed by atoms with van der Waals surface area (Å²) in [7, 11) is 0. The molecule has 6 nitrogen and oxygen atoms in total. The van der Waals surface area contributed by atoms with Crippen molar-refractivity contribution < 1.29 is 9.59 Å². The molecule has 2 heterocycles. The summed E-state index contributed by atoms with van der Waals surface area (Å²) in [5.74, 6) is 0.207. The Kier molecular flexibility index (Phi) is 5.74. The van der Waals surface area contributed by atoms with Crippen molar-refractivity contribution in [3.05, 3.63) is 53.9 Å². The molecule has 27 heavy (non-hydrogen) atoms. The highest BCUT2D eigenvalue weighted by Gasteiger charge is 2.20. The number of carbonyl (C=O) groups excluding carboxylic acids is 2. The first-order valence-corrected chi connectivity index (χ1v) is 9.32. The van der Waals surface area contributed by atoms with E-state index in [2.05, 4.69) is 29.0 Å². The summed E-state index contributed by atoms with van der Waals surface area (Å²) in [5, 5.41) is 2.99. The van der Waals surface area contributed by atoms with Crippen molar-refractivity contribution in [3.63, 3.8) is 0 Å². The van der Waals surface area contributed by atoms with Gasteiger partial charge in [-0.15, -0.1) is 0 Å². The van der Waals surface area contributed by atoms with E-state index >= 15 is 0 Å². The zero-order valence-electron chi connectivity index (χ0n) is 16.1. The summed E-state index contributed by atoms with van der Waals surface area (Å²) in [6, 6.07) is 11.6. The molecule has 0 aliphatic carbocycles. The molecule has 1 aliphatic rings. The molecule has 0 saturated carbocycles. The van der Waals surface area contributed by atoms with Crippen molar-refractivity contribution in [3.8, 4) is 0 Å². The van der Waals surface area contributed by atoms with E-state index in [9.17, 15) is 9.59 Å². The van der Waals surface area contributed by atoms with Crippen LogP contribution in [0.25, 0.3) is 0 Å². The van der Waals surface area contributed by atoms with Gasteiger partial charge in [-0.05, 0) is 29.7 Å². The number of para-hydroxylation sites is 1. The van der Waals surface area contributed by atoms with Crippen LogP contribution in [0.3, 0.4) is 0 Å². The Bertz CT molecular complexity index is 826. The Balaban J connectivity index is 1.72. The monoisotopic (exact) mass is 366 g/mol. The predicted octanol–water partition coefficient (Wildman–Crippen LogP) is 3.13. The fourth-order valence-electron chi connectivity index (χ4n) is 3.32. The molecule has 1 fully saturated rings. The van der Waals surface area contributed by atoms with E-state index in [0.717, 1.165) is 30.0 Å². The summed E-state index contributed by atoms with van der Waals surface area (Å²) >= 11 is 0. The van der Waals surface area contributed by atoms with E-state index in [-0.39, 0.29) is 11.8 Å². The van der Waals surface area contributed by atoms with Crippen LogP contribution in [0.4, 0.5) is 11.4 Å². The second-order valence-electron chi connectivity index (χ2n) is 7.09. The van der Waals surface area contributed by atoms with Gasteiger partial charge < -0.3 is 15.1 Å². The number of nitrogens with one attached hydrogen (secondary N) is 1. The molecular weight excluding hydrogens is 340 g/mol. The summed E-state index contributed by atoms with van der Waals surface area (Å²) in [5.41, 5.74) is 3.26. The number of amides is 2. The number of aromatic nitrogens is 1. The lowest BCUT2D eigenvalue weighted by atomic mass is 10.0. The van der Waals surface area contributed by atoms with Gasteiger partial charge in [0.1, 0.15) is 5.69 Å². The van der Waals surface area contributed by atoms with Gasteiger partial charge in [0.2, 0.25) is 5.91 Å². The third-order valence-corrected chi connectivity index (χ3v) is 4.90. The van der Waals surface area contributed by atoms with Crippen LogP contribution in [-0.2, 0) is 4.79 Å². The summed E-state index contributed by atoms with van der Waals surface area (Å²) < 4.78 is 0. The van der Waals surface area contributed by atoms with Crippen molar-refractivity contribution in [2.24, 2.45) is 0 Å². The molecule has 1 saturated heterocycles. The van der Waals surface area contributed by atoms with Gasteiger partial charge in [-0.3, -0.25) is 14.6 Å². The third-order valence-electron chi connectivity index (χ3n) is 4.90. The topological polar surface area (TPSA) is 65.5 Å². The largest absolute Gasteiger partial charge is 0.368 e. The molecule has 0 radical (unpaired) electrons. The molecule has 0 atom stereocenters. The van der Waals surface area contributed by atoms with Crippen molar-refractivity contribution in [1.82, 2.24) is 9.88 Å². The standard InChI is InChI=1S/C21H26N4O2/c1-15(2)18-6-4-5-7-19(18)23-21(27)20-14-17(8-9-22-20)25-12-10-24(11-13-25)16(3)26/h4-9,14-15H,10-13H2,1-3H3,(H,23,27). The second kappa shape index (κ2) is 8.20. The molecule has 0 bridgehead atoms. The first-order chi connectivity index (χ1) is 13.0. The van der Waals surface area contributed by atoms with Gasteiger partial charge in [0.15, 0.2) is 0 Å². The molecule has 0 unspecified atom stereocenters. The summed E-state index contributed by atoms with van der Waals surface area (Å²) in [4.78, 5) is 32.5. The van der Waals surface area contributed by atoms with E-state index in [1.807, 2.05) is 41.3 Å². The fourth-order valence-corrected chi connectivity index (χ4v) is 3.32. The second-order valence-corrected chi connectivity index (χ2v) is 7.09. The maximum absolute atomic E-state index is 12.7. The van der Waals surface area contributed by atoms with Crippen LogP contribution in [0.1, 0.15) is 42.7 Å². The number of hydrogen-bond acceptors (Lipinski definition) is 4. The number of anilines is 2. The first-order valence-electron chi connectivity index (χ1n) is 9.32. The molecule has 6 heteroatoms. The van der Waals surface area contributed by atoms with Crippen LogP contribution in [-0.4, -0.2) is 47.9 Å². The van der Waals surface area contributed by atoms with Gasteiger partial charge in [0.25, 0.3) is 5.91 Å². The van der Waals surface area contributed by atoms with Crippen molar-refractivity contribution in [1.29, 1.82) is 0 Å². The number of carbonyl (C=O) groups is 2. The van der Waals surface area contributed by atoms with Gasteiger partial charge in [0.05, 0.1) is 0 Å². The molecule has 1 aromatic heterocycles. The molecule has 1 aromatic carbocycles. The Morgan fingerprint density at radius 2 is 1.78 bits per heavy atom. The third kappa shape index (κ3) is 4.45. The maximum Gasteiger partial charge on any atom is 0.274 e. The normalized spacial score (nSPS) is 14.4. The van der Waals surface area contributed by atoms with Gasteiger partial charge >= 0.3 is 0 Å². The molecule has 2 aromatic rings. The number of piperazine rings is 1. The highest BCUT2D eigenvalue weighted by molar-refractivity contribution is 6.03. The van der Waals surface area contributed by atoms with Gasteiger partial charge in [-0.25, -0.2) is 0 Å². The number of rotatable bonds is 4. The number of nitrogens with zero attached hydrogens (tertiary/aromatic N) is 3. The lowest BCUT2D eigenvalue weighted by Gasteiger charge is -2.35. The molecule has 3 rings (SSSR count). The zero-order chi connectivity index (χ0) is 19.4. The molecule has 1 aliphatic heterocycles. The maximum atomic E-state index is 12.7. The Labute approximate surface area is 160 Å². The Morgan fingerprint density at radius 3 is 2.44 bits per heavy atom. The fraction of sp³-hybridized carbons (Fsp3) is 0.381. The van der Waals surface area contributed by atoms with Crippen LogP contribution in [0, 0.1) is 0 Å². The highest BCUT2D eigenvalue weighted by atomic mass is 16.2. The van der Waals surface area contributed by atoms with Crippen LogP contribution in [0.15, 0.2) is 42.6 Å². The van der Waals surface area contributed by atoms with Crippen LogP contribution in [0.2, 0.25) is 0 Å². The van der Waals surface area contributed by atoms with Crippen molar-refractivity contribution in [2.75, 3.05) is 36.4 Å². The quantitative estimate of drug-likeness (QED) is 0.903. The smallest absolute Gasteiger partial charge is 0.274 e. The Morgan fingerprint density at radius 1 is 1.07 bits per heavy atom. The van der Waals surface area contributed by atoms with Crippen LogP contribution < -0.4 is 10.2 Å². The summed E-state index contributed by atoms with van der Waals surface area (Å²) in [6.07, 6.45) is 1.66. The minimum Gasteiger partial charge on any atom is -0.368 e. The van der Waals surface area contributed by atoms with E-state index in [0.29, 0.717) is 24.7 Å². The van der Waals surface area contributed by atoms with Crippen molar-refractivity contribution >= 4 is 23.2 Å². The van der Waals surface area contributed by atoms with E-state index in [4.69, 9.17) is 0 Å². The molecule has 1 N–H and O–H groups in total. The zero-order valence-corrected chi connectivity index (χ0v) is 16.1. The number of benzene rings is 1. The van der Waals surface area contributed by atoms with Crippen LogP contribution >= 0.6 is 0 Å². The molecular formula is C21H26N4O2. The lowest BCUT2D eigenvalue weighted by Crippen LogP contribution is -2.48. The minimum absolute atomic E-state index is 0.105. The van der Waals surface area contributed by atoms with Crippen LogP contribution in [0.5, 0.6) is 0 Å². The van der Waals surface area contributed by atoms with E-state index in [1.54, 1.807) is 13.1 Å². The molecule has 0 spiro atoms. The average Bonchev–Trinajstić information content (AvgIpc) is 2.68. The van der Waals surface area contributed by atoms with Crippen molar-refractivity contribution in [2.45, 2.75) is 26.7 Å². The SMILES string of the molecule is CC(=O)N1CCN(c2ccnc(C(=O)Nc3ccccc3C(C)C)c2)CC1. The van der Waals surface area contributed by atoms with Gasteiger partial charge in [-0.2, -0.15) is 0 Å². The van der Waals surface area contributed by atoms with E-state index < -0.39 is 0 Å².